The first kappa shape index (κ1) is 16.6. The van der Waals surface area contributed by atoms with Crippen molar-refractivity contribution >= 4 is 15.9 Å². The predicted molar refractivity (Wildman–Crippen MR) is 80.1 cm³/mol. The molecule has 1 rings (SSSR count). The maximum absolute atomic E-state index is 14.3. The van der Waals surface area contributed by atoms with E-state index in [4.69, 9.17) is 0 Å². The Kier molecular flexibility index (Phi) is 6.94. The van der Waals surface area contributed by atoms with E-state index in [1.165, 1.54) is 12.1 Å². The number of hydrogen-bond acceptors (Lipinski definition) is 1. The van der Waals surface area contributed by atoms with Crippen LogP contribution >= 0.6 is 15.9 Å². The van der Waals surface area contributed by atoms with Gasteiger partial charge in [-0.1, -0.05) is 60.1 Å². The van der Waals surface area contributed by atoms with Crippen LogP contribution in [0.4, 0.5) is 8.78 Å². The smallest absolute Gasteiger partial charge is 0.285 e. The normalized spacial score (nSPS) is 12.4. The van der Waals surface area contributed by atoms with Crippen LogP contribution in [-0.4, -0.2) is 29.4 Å². The molecule has 0 amide bonds. The summed E-state index contributed by atoms with van der Waals surface area (Å²) >= 11 is 3.35. The lowest BCUT2D eigenvalue weighted by atomic mass is 10.1. The third kappa shape index (κ3) is 4.84. The number of alkyl halides is 3. The fraction of sp³-hybridized carbons (Fsp3) is 0.600. The quantitative estimate of drug-likeness (QED) is 0.625. The molecule has 0 N–H and O–H groups in total. The Morgan fingerprint density at radius 1 is 1.16 bits per heavy atom. The predicted octanol–water partition coefficient (Wildman–Crippen LogP) is 4.66. The van der Waals surface area contributed by atoms with Crippen LogP contribution in [0, 0.1) is 0 Å². The van der Waals surface area contributed by atoms with Crippen molar-refractivity contribution < 1.29 is 8.78 Å². The van der Waals surface area contributed by atoms with E-state index in [9.17, 15) is 8.78 Å². The molecule has 0 heterocycles. The third-order valence-corrected chi connectivity index (χ3v) is 3.78. The average Bonchev–Trinajstić information content (AvgIpc) is 2.41. The standard InChI is InChI=1S/C15H22BrF2N/c1-3-14(4-2)19(11-10-16)12-15(17,18)13-8-6-5-7-9-13/h5-9,14H,3-4,10-12H2,1-2H3. The summed E-state index contributed by atoms with van der Waals surface area (Å²) in [5.41, 5.74) is 0.0977. The van der Waals surface area contributed by atoms with Crippen LogP contribution in [0.2, 0.25) is 0 Å². The van der Waals surface area contributed by atoms with E-state index < -0.39 is 5.92 Å². The van der Waals surface area contributed by atoms with Crippen molar-refractivity contribution in [2.75, 3.05) is 18.4 Å². The first-order valence-corrected chi connectivity index (χ1v) is 7.90. The highest BCUT2D eigenvalue weighted by atomic mass is 79.9. The highest BCUT2D eigenvalue weighted by molar-refractivity contribution is 9.09. The monoisotopic (exact) mass is 333 g/mol. The molecule has 0 bridgehead atoms. The van der Waals surface area contributed by atoms with Crippen molar-refractivity contribution in [1.29, 1.82) is 0 Å². The summed E-state index contributed by atoms with van der Waals surface area (Å²) in [5, 5.41) is 0.717. The fourth-order valence-electron chi connectivity index (χ4n) is 2.33. The number of rotatable bonds is 8. The van der Waals surface area contributed by atoms with E-state index in [-0.39, 0.29) is 18.2 Å². The zero-order valence-corrected chi connectivity index (χ0v) is 13.2. The van der Waals surface area contributed by atoms with Gasteiger partial charge < -0.3 is 0 Å². The summed E-state index contributed by atoms with van der Waals surface area (Å²) in [7, 11) is 0. The van der Waals surface area contributed by atoms with Crippen LogP contribution in [0.1, 0.15) is 32.3 Å². The van der Waals surface area contributed by atoms with Gasteiger partial charge in [0, 0.05) is 23.5 Å². The molecule has 0 aliphatic carbocycles. The number of benzene rings is 1. The lowest BCUT2D eigenvalue weighted by Gasteiger charge is -2.33. The van der Waals surface area contributed by atoms with E-state index in [2.05, 4.69) is 29.8 Å². The molecule has 1 nitrogen and oxygen atoms in total. The van der Waals surface area contributed by atoms with E-state index in [0.717, 1.165) is 12.8 Å². The molecular weight excluding hydrogens is 312 g/mol. The van der Waals surface area contributed by atoms with Gasteiger partial charge >= 0.3 is 0 Å². The molecule has 108 valence electrons. The minimum Gasteiger partial charge on any atom is -0.293 e. The molecule has 0 aliphatic heterocycles. The Morgan fingerprint density at radius 2 is 1.74 bits per heavy atom. The fourth-order valence-corrected chi connectivity index (χ4v) is 2.79. The SMILES string of the molecule is CCC(CC)N(CCBr)CC(F)(F)c1ccccc1. The first-order valence-electron chi connectivity index (χ1n) is 6.78. The van der Waals surface area contributed by atoms with E-state index in [0.29, 0.717) is 11.9 Å². The van der Waals surface area contributed by atoms with Gasteiger partial charge in [0.25, 0.3) is 5.92 Å². The highest BCUT2D eigenvalue weighted by Crippen LogP contribution is 2.30. The molecule has 0 saturated carbocycles. The largest absolute Gasteiger partial charge is 0.293 e. The van der Waals surface area contributed by atoms with Crippen LogP contribution in [-0.2, 0) is 5.92 Å². The lowest BCUT2D eigenvalue weighted by molar-refractivity contribution is -0.0472. The van der Waals surface area contributed by atoms with Crippen LogP contribution in [0.3, 0.4) is 0 Å². The Balaban J connectivity index is 2.82. The maximum atomic E-state index is 14.3. The average molecular weight is 334 g/mol. The summed E-state index contributed by atoms with van der Waals surface area (Å²) in [6.07, 6.45) is 1.79. The molecule has 0 atom stereocenters. The summed E-state index contributed by atoms with van der Waals surface area (Å²) in [6, 6.07) is 8.30. The second kappa shape index (κ2) is 7.95. The van der Waals surface area contributed by atoms with Crippen molar-refractivity contribution in [3.05, 3.63) is 35.9 Å². The van der Waals surface area contributed by atoms with Gasteiger partial charge in [-0.15, -0.1) is 0 Å². The van der Waals surface area contributed by atoms with Crippen molar-refractivity contribution in [2.24, 2.45) is 0 Å². The summed E-state index contributed by atoms with van der Waals surface area (Å²) in [5.74, 6) is -2.80. The van der Waals surface area contributed by atoms with Crippen molar-refractivity contribution in [3.8, 4) is 0 Å². The van der Waals surface area contributed by atoms with Gasteiger partial charge in [-0.05, 0) is 12.8 Å². The Labute approximate surface area is 123 Å². The molecule has 1 aromatic carbocycles. The third-order valence-electron chi connectivity index (χ3n) is 3.43. The Morgan fingerprint density at radius 3 is 2.21 bits per heavy atom. The minimum absolute atomic E-state index is 0.0977. The second-order valence-corrected chi connectivity index (χ2v) is 5.49. The molecule has 0 fully saturated rings. The topological polar surface area (TPSA) is 3.24 Å². The van der Waals surface area contributed by atoms with E-state index in [1.807, 2.05) is 4.90 Å². The molecule has 4 heteroatoms. The molecule has 0 aliphatic rings. The lowest BCUT2D eigenvalue weighted by Crippen LogP contribution is -2.42. The Hall–Kier alpha value is -0.480. The molecule has 0 saturated heterocycles. The summed E-state index contributed by atoms with van der Waals surface area (Å²) < 4.78 is 28.6. The van der Waals surface area contributed by atoms with E-state index in [1.54, 1.807) is 18.2 Å². The number of hydrogen-bond donors (Lipinski definition) is 0. The molecular formula is C15H22BrF2N. The molecule has 0 spiro atoms. The van der Waals surface area contributed by atoms with Crippen LogP contribution < -0.4 is 0 Å². The van der Waals surface area contributed by atoms with Gasteiger partial charge in [-0.3, -0.25) is 4.90 Å². The van der Waals surface area contributed by atoms with Gasteiger partial charge in [-0.25, -0.2) is 0 Å². The number of halogens is 3. The van der Waals surface area contributed by atoms with Gasteiger partial charge in [0.2, 0.25) is 0 Å². The molecule has 0 unspecified atom stereocenters. The van der Waals surface area contributed by atoms with Gasteiger partial charge in [-0.2, -0.15) is 8.78 Å². The van der Waals surface area contributed by atoms with Crippen molar-refractivity contribution in [1.82, 2.24) is 4.90 Å². The highest BCUT2D eigenvalue weighted by Gasteiger charge is 2.35. The summed E-state index contributed by atoms with van der Waals surface area (Å²) in [4.78, 5) is 1.89. The van der Waals surface area contributed by atoms with E-state index >= 15 is 0 Å². The van der Waals surface area contributed by atoms with Gasteiger partial charge in [0.05, 0.1) is 6.54 Å². The van der Waals surface area contributed by atoms with Crippen LogP contribution in [0.25, 0.3) is 0 Å². The second-order valence-electron chi connectivity index (χ2n) is 4.70. The Bertz CT molecular complexity index is 352. The minimum atomic E-state index is -2.80. The van der Waals surface area contributed by atoms with Crippen LogP contribution in [0.15, 0.2) is 30.3 Å². The summed E-state index contributed by atoms with van der Waals surface area (Å²) in [6.45, 7) is 4.54. The maximum Gasteiger partial charge on any atom is 0.285 e. The molecule has 0 aromatic heterocycles. The molecule has 19 heavy (non-hydrogen) atoms. The van der Waals surface area contributed by atoms with Gasteiger partial charge in [0.15, 0.2) is 0 Å². The zero-order chi connectivity index (χ0) is 14.3. The van der Waals surface area contributed by atoms with Gasteiger partial charge in [0.1, 0.15) is 0 Å². The van der Waals surface area contributed by atoms with Crippen molar-refractivity contribution in [3.63, 3.8) is 0 Å². The van der Waals surface area contributed by atoms with Crippen molar-refractivity contribution in [2.45, 2.75) is 38.7 Å². The first-order chi connectivity index (χ1) is 9.05. The number of nitrogens with zero attached hydrogens (tertiary/aromatic N) is 1. The molecule has 1 aromatic rings. The van der Waals surface area contributed by atoms with Crippen LogP contribution in [0.5, 0.6) is 0 Å². The molecule has 0 radical (unpaired) electrons. The zero-order valence-electron chi connectivity index (χ0n) is 11.6.